The van der Waals surface area contributed by atoms with Gasteiger partial charge in [-0.1, -0.05) is 0 Å². The third-order valence-electron chi connectivity index (χ3n) is 3.11. The third-order valence-corrected chi connectivity index (χ3v) is 3.11. The van der Waals surface area contributed by atoms with Gasteiger partial charge in [0, 0.05) is 0 Å². The fraction of sp³-hybridized carbons (Fsp3) is 0.857. The first-order chi connectivity index (χ1) is 6.15. The maximum Gasteiger partial charge on any atom is 0.240 e. The van der Waals surface area contributed by atoms with Crippen molar-refractivity contribution < 1.29 is 4.79 Å². The summed E-state index contributed by atoms with van der Waals surface area (Å²) in [6, 6.07) is 0. The molecule has 1 unspecified atom stereocenters. The zero-order valence-electron chi connectivity index (χ0n) is 7.99. The molecule has 0 spiro atoms. The molecule has 14 heavy (non-hydrogen) atoms. The molecule has 7 heteroatoms. The fourth-order valence-electron chi connectivity index (χ4n) is 1.82. The molecule has 0 aromatic heterocycles. The molecule has 0 aliphatic heterocycles. The lowest BCUT2D eigenvalue weighted by molar-refractivity contribution is -0.129. The van der Waals surface area contributed by atoms with Gasteiger partial charge in [-0.3, -0.25) is 4.79 Å². The minimum Gasteiger partial charge on any atom is -0.368 e. The molecule has 7 nitrogen and oxygen atoms in total. The van der Waals surface area contributed by atoms with Gasteiger partial charge in [-0.2, -0.15) is 0 Å². The number of primary amides is 1. The van der Waals surface area contributed by atoms with E-state index in [-0.39, 0.29) is 0 Å². The van der Waals surface area contributed by atoms with Crippen molar-refractivity contribution in [2.75, 3.05) is 0 Å². The van der Waals surface area contributed by atoms with Crippen LogP contribution < -0.4 is 34.4 Å². The molecule has 0 heterocycles. The number of carbonyl (C=O) groups excluding carboxylic acids is 1. The van der Waals surface area contributed by atoms with Crippen molar-refractivity contribution in [2.24, 2.45) is 34.4 Å². The fourth-order valence-corrected chi connectivity index (χ4v) is 1.82. The van der Waals surface area contributed by atoms with Crippen LogP contribution in [0.15, 0.2) is 0 Å². The highest BCUT2D eigenvalue weighted by atomic mass is 16.1. The zero-order chi connectivity index (χ0) is 11.2. The number of amides is 1. The van der Waals surface area contributed by atoms with E-state index in [9.17, 15) is 4.79 Å². The molecule has 82 valence electrons. The molecule has 1 fully saturated rings. The summed E-state index contributed by atoms with van der Waals surface area (Å²) in [6.07, 6.45) is 1.28. The van der Waals surface area contributed by atoms with Crippen LogP contribution in [-0.2, 0) is 4.79 Å². The first-order valence-corrected chi connectivity index (χ1v) is 4.39. The zero-order valence-corrected chi connectivity index (χ0v) is 7.99. The first-order valence-electron chi connectivity index (χ1n) is 4.39. The van der Waals surface area contributed by atoms with Gasteiger partial charge in [-0.05, 0) is 19.3 Å². The Morgan fingerprint density at radius 3 is 1.86 bits per heavy atom. The molecule has 0 aromatic carbocycles. The predicted molar refractivity (Wildman–Crippen MR) is 52.2 cm³/mol. The van der Waals surface area contributed by atoms with Crippen LogP contribution in [0.3, 0.4) is 0 Å². The summed E-state index contributed by atoms with van der Waals surface area (Å²) in [5.41, 5.74) is 29.2. The van der Waals surface area contributed by atoms with Crippen molar-refractivity contribution in [3.05, 3.63) is 0 Å². The van der Waals surface area contributed by atoms with E-state index in [1.807, 2.05) is 0 Å². The summed E-state index contributed by atoms with van der Waals surface area (Å²) >= 11 is 0. The van der Waals surface area contributed by atoms with E-state index >= 15 is 0 Å². The van der Waals surface area contributed by atoms with E-state index in [4.69, 9.17) is 34.4 Å². The maximum atomic E-state index is 11.2. The molecule has 0 bridgehead atoms. The minimum absolute atomic E-state index is 0.297. The second-order valence-corrected chi connectivity index (χ2v) is 4.10. The molecule has 1 aliphatic carbocycles. The van der Waals surface area contributed by atoms with Crippen LogP contribution in [-0.4, -0.2) is 22.8 Å². The number of hydrogen-bond donors (Lipinski definition) is 6. The van der Waals surface area contributed by atoms with Gasteiger partial charge in [0.2, 0.25) is 5.91 Å². The summed E-state index contributed by atoms with van der Waals surface area (Å²) in [6.45, 7) is 0. The summed E-state index contributed by atoms with van der Waals surface area (Å²) in [4.78, 5) is 11.2. The lowest BCUT2D eigenvalue weighted by Gasteiger charge is -2.53. The number of carbonyl (C=O) groups is 1. The van der Waals surface area contributed by atoms with Crippen LogP contribution in [0.5, 0.6) is 0 Å². The molecule has 1 rings (SSSR count). The van der Waals surface area contributed by atoms with Crippen molar-refractivity contribution in [2.45, 2.75) is 36.1 Å². The minimum atomic E-state index is -1.69. The Kier molecular flexibility index (Phi) is 2.33. The number of hydrogen-bond acceptors (Lipinski definition) is 6. The Morgan fingerprint density at radius 1 is 1.00 bits per heavy atom. The molecule has 1 amide bonds. The Balaban J connectivity index is 3.16. The Bertz CT molecular complexity index is 263. The molecule has 1 aliphatic rings. The van der Waals surface area contributed by atoms with Gasteiger partial charge in [0.1, 0.15) is 11.2 Å². The van der Waals surface area contributed by atoms with Gasteiger partial charge in [0.15, 0.2) is 0 Å². The van der Waals surface area contributed by atoms with Crippen molar-refractivity contribution in [3.63, 3.8) is 0 Å². The molecule has 1 atom stereocenters. The van der Waals surface area contributed by atoms with Gasteiger partial charge < -0.3 is 34.4 Å². The second kappa shape index (κ2) is 2.88. The van der Waals surface area contributed by atoms with Crippen molar-refractivity contribution >= 4 is 5.91 Å². The molecule has 0 radical (unpaired) electrons. The lowest BCUT2D eigenvalue weighted by Crippen LogP contribution is -2.90. The highest BCUT2D eigenvalue weighted by molar-refractivity contribution is 5.86. The highest BCUT2D eigenvalue weighted by Crippen LogP contribution is 2.33. The summed E-state index contributed by atoms with van der Waals surface area (Å²) in [5.74, 6) is -0.775. The summed E-state index contributed by atoms with van der Waals surface area (Å²) < 4.78 is 0. The average molecular weight is 202 g/mol. The summed E-state index contributed by atoms with van der Waals surface area (Å²) in [7, 11) is 0. The van der Waals surface area contributed by atoms with Gasteiger partial charge in [0.05, 0.1) is 5.66 Å². The molecule has 0 saturated heterocycles. The molecule has 12 N–H and O–H groups in total. The van der Waals surface area contributed by atoms with Crippen LogP contribution in [0, 0.1) is 0 Å². The Hall–Kier alpha value is -0.730. The molecular weight excluding hydrogens is 184 g/mol. The van der Waals surface area contributed by atoms with Gasteiger partial charge in [-0.15, -0.1) is 0 Å². The average Bonchev–Trinajstić information content (AvgIpc) is 2.00. The van der Waals surface area contributed by atoms with Crippen molar-refractivity contribution in [1.29, 1.82) is 0 Å². The smallest absolute Gasteiger partial charge is 0.240 e. The van der Waals surface area contributed by atoms with Crippen LogP contribution in [0.2, 0.25) is 0 Å². The first kappa shape index (κ1) is 11.3. The topological polar surface area (TPSA) is 173 Å². The largest absolute Gasteiger partial charge is 0.368 e. The van der Waals surface area contributed by atoms with Crippen LogP contribution in [0.25, 0.3) is 0 Å². The van der Waals surface area contributed by atoms with E-state index in [1.54, 1.807) is 0 Å². The van der Waals surface area contributed by atoms with Gasteiger partial charge >= 0.3 is 0 Å². The van der Waals surface area contributed by atoms with Crippen molar-refractivity contribution in [1.82, 2.24) is 0 Å². The molecular formula is C7H18N6O. The number of rotatable bonds is 1. The van der Waals surface area contributed by atoms with Crippen molar-refractivity contribution in [3.8, 4) is 0 Å². The number of nitrogens with two attached hydrogens (primary N) is 6. The van der Waals surface area contributed by atoms with Gasteiger partial charge in [0.25, 0.3) is 0 Å². The monoisotopic (exact) mass is 202 g/mol. The quantitative estimate of drug-likeness (QED) is 0.241. The Labute approximate surface area is 82.1 Å². The van der Waals surface area contributed by atoms with Crippen LogP contribution in [0.1, 0.15) is 19.3 Å². The van der Waals surface area contributed by atoms with Crippen LogP contribution >= 0.6 is 0 Å². The van der Waals surface area contributed by atoms with E-state index < -0.39 is 22.8 Å². The van der Waals surface area contributed by atoms with E-state index in [1.165, 1.54) is 0 Å². The SMILES string of the molecule is NC(=O)C1(N)CCCC(N)(N)C1(N)N. The molecule has 1 saturated carbocycles. The van der Waals surface area contributed by atoms with E-state index in [0.717, 1.165) is 0 Å². The predicted octanol–water partition coefficient (Wildman–Crippen LogP) is -3.42. The second-order valence-electron chi connectivity index (χ2n) is 4.10. The third kappa shape index (κ3) is 1.22. The Morgan fingerprint density at radius 2 is 1.50 bits per heavy atom. The highest BCUT2D eigenvalue weighted by Gasteiger charge is 2.59. The normalized spacial score (nSPS) is 35.2. The lowest BCUT2D eigenvalue weighted by atomic mass is 9.67. The van der Waals surface area contributed by atoms with E-state index in [2.05, 4.69) is 0 Å². The van der Waals surface area contributed by atoms with Gasteiger partial charge in [-0.25, -0.2) is 0 Å². The summed E-state index contributed by atoms with van der Waals surface area (Å²) in [5, 5.41) is 0. The van der Waals surface area contributed by atoms with E-state index in [0.29, 0.717) is 19.3 Å². The van der Waals surface area contributed by atoms with Crippen LogP contribution in [0.4, 0.5) is 0 Å². The maximum absolute atomic E-state index is 11.2. The molecule has 0 aromatic rings. The standard InChI is InChI=1S/C7H18N6O/c8-4(14)5(9)2-1-3-6(10,11)7(5,12)13/h1-3,9-13H2,(H2,8,14).